The maximum atomic E-state index is 11.7. The van der Waals surface area contributed by atoms with Crippen LogP contribution in [0.3, 0.4) is 0 Å². The third kappa shape index (κ3) is 29.1. The Balaban J connectivity index is 3.19. The van der Waals surface area contributed by atoms with Gasteiger partial charge in [0, 0.05) is 12.8 Å². The van der Waals surface area contributed by atoms with Crippen LogP contribution in [0.25, 0.3) is 0 Å². The van der Waals surface area contributed by atoms with E-state index in [-0.39, 0.29) is 11.9 Å². The molecule has 0 atom stereocenters. The van der Waals surface area contributed by atoms with E-state index in [1.807, 2.05) is 0 Å². The van der Waals surface area contributed by atoms with Crippen molar-refractivity contribution in [3.8, 4) is 0 Å². The number of rotatable bonds is 26. The zero-order valence-electron chi connectivity index (χ0n) is 24.1. The van der Waals surface area contributed by atoms with Crippen molar-refractivity contribution >= 4 is 11.9 Å². The molecule has 0 aliphatic heterocycles. The molecular weight excluding hydrogens is 436 g/mol. The van der Waals surface area contributed by atoms with Crippen LogP contribution in [0.1, 0.15) is 163 Å². The lowest BCUT2D eigenvalue weighted by atomic mass is 10.0. The van der Waals surface area contributed by atoms with Gasteiger partial charge in [-0.1, -0.05) is 111 Å². The highest BCUT2D eigenvalue weighted by Gasteiger charge is 2.04. The summed E-state index contributed by atoms with van der Waals surface area (Å²) in [7, 11) is 0. The molecule has 0 amide bonds. The van der Waals surface area contributed by atoms with Gasteiger partial charge in [0.15, 0.2) is 0 Å². The van der Waals surface area contributed by atoms with Gasteiger partial charge in [0.05, 0.1) is 13.2 Å². The average Bonchev–Trinajstić information content (AvgIpc) is 2.81. The van der Waals surface area contributed by atoms with E-state index >= 15 is 0 Å². The van der Waals surface area contributed by atoms with Gasteiger partial charge in [0.25, 0.3) is 0 Å². The fourth-order valence-electron chi connectivity index (χ4n) is 4.34. The molecule has 0 aliphatic rings. The lowest BCUT2D eigenvalue weighted by Gasteiger charge is -2.07. The van der Waals surface area contributed by atoms with E-state index in [0.717, 1.165) is 51.4 Å². The van der Waals surface area contributed by atoms with Crippen molar-refractivity contribution in [2.45, 2.75) is 163 Å². The fraction of sp³-hybridized carbons (Fsp3) is 0.935. The summed E-state index contributed by atoms with van der Waals surface area (Å²) in [6, 6.07) is 0. The molecular formula is C31H60O4. The van der Waals surface area contributed by atoms with E-state index < -0.39 is 0 Å². The number of carbonyl (C=O) groups is 2. The second-order valence-corrected chi connectivity index (χ2v) is 11.3. The summed E-state index contributed by atoms with van der Waals surface area (Å²) in [5.74, 6) is 1.34. The third-order valence-electron chi connectivity index (χ3n) is 6.64. The summed E-state index contributed by atoms with van der Waals surface area (Å²) in [6.07, 6.45) is 24.2. The molecule has 35 heavy (non-hydrogen) atoms. The fourth-order valence-corrected chi connectivity index (χ4v) is 4.34. The van der Waals surface area contributed by atoms with Crippen LogP contribution >= 0.6 is 0 Å². The Morgan fingerprint density at radius 1 is 0.429 bits per heavy atom. The molecule has 0 bridgehead atoms. The van der Waals surface area contributed by atoms with Crippen molar-refractivity contribution in [1.82, 2.24) is 0 Å². The summed E-state index contributed by atoms with van der Waals surface area (Å²) in [5.41, 5.74) is 0. The van der Waals surface area contributed by atoms with E-state index in [4.69, 9.17) is 9.47 Å². The van der Waals surface area contributed by atoms with Crippen LogP contribution in [0.4, 0.5) is 0 Å². The van der Waals surface area contributed by atoms with Crippen molar-refractivity contribution in [3.05, 3.63) is 0 Å². The maximum absolute atomic E-state index is 11.7. The van der Waals surface area contributed by atoms with E-state index in [2.05, 4.69) is 27.7 Å². The molecule has 208 valence electrons. The van der Waals surface area contributed by atoms with Gasteiger partial charge in [0.2, 0.25) is 0 Å². The Morgan fingerprint density at radius 3 is 0.943 bits per heavy atom. The van der Waals surface area contributed by atoms with Crippen LogP contribution < -0.4 is 0 Å². The van der Waals surface area contributed by atoms with Gasteiger partial charge in [-0.15, -0.1) is 0 Å². The highest BCUT2D eigenvalue weighted by atomic mass is 16.5. The van der Waals surface area contributed by atoms with E-state index in [1.54, 1.807) is 0 Å². The molecule has 0 saturated carbocycles. The Hall–Kier alpha value is -1.06. The predicted octanol–water partition coefficient (Wildman–Crippen LogP) is 9.58. The zero-order chi connectivity index (χ0) is 26.0. The van der Waals surface area contributed by atoms with Gasteiger partial charge in [-0.25, -0.2) is 0 Å². The number of hydrogen-bond donors (Lipinski definition) is 0. The molecule has 4 heteroatoms. The normalized spacial score (nSPS) is 11.4. The molecule has 0 aromatic carbocycles. The summed E-state index contributed by atoms with van der Waals surface area (Å²) < 4.78 is 10.6. The molecule has 0 saturated heterocycles. The van der Waals surface area contributed by atoms with Gasteiger partial charge in [0.1, 0.15) is 0 Å². The van der Waals surface area contributed by atoms with E-state index in [9.17, 15) is 9.59 Å². The predicted molar refractivity (Wildman–Crippen MR) is 149 cm³/mol. The van der Waals surface area contributed by atoms with Gasteiger partial charge >= 0.3 is 11.9 Å². The van der Waals surface area contributed by atoms with Crippen LogP contribution in [0, 0.1) is 11.8 Å². The molecule has 0 aliphatic carbocycles. The van der Waals surface area contributed by atoms with Gasteiger partial charge in [-0.05, 0) is 50.4 Å². The molecule has 0 aromatic heterocycles. The molecule has 0 N–H and O–H groups in total. The van der Waals surface area contributed by atoms with Crippen LogP contribution in [-0.4, -0.2) is 25.2 Å². The Kier molecular flexibility index (Phi) is 25.2. The SMILES string of the molecule is CC(C)CCCOC(=O)CCCCCCCCCCCCCCCCCC(=O)OCCCC(C)C. The Labute approximate surface area is 218 Å². The molecule has 0 spiro atoms. The van der Waals surface area contributed by atoms with Crippen molar-refractivity contribution in [1.29, 1.82) is 0 Å². The monoisotopic (exact) mass is 496 g/mol. The number of unbranched alkanes of at least 4 members (excludes halogenated alkanes) is 14. The second kappa shape index (κ2) is 26.0. The lowest BCUT2D eigenvalue weighted by molar-refractivity contribution is -0.144. The van der Waals surface area contributed by atoms with Gasteiger partial charge < -0.3 is 9.47 Å². The first kappa shape index (κ1) is 33.9. The van der Waals surface area contributed by atoms with E-state index in [1.165, 1.54) is 70.6 Å². The van der Waals surface area contributed by atoms with Crippen molar-refractivity contribution < 1.29 is 19.1 Å². The molecule has 0 fully saturated rings. The maximum Gasteiger partial charge on any atom is 0.305 e. The highest BCUT2D eigenvalue weighted by Crippen LogP contribution is 2.14. The van der Waals surface area contributed by atoms with Crippen molar-refractivity contribution in [2.24, 2.45) is 11.8 Å². The molecule has 0 heterocycles. The van der Waals surface area contributed by atoms with Crippen LogP contribution in [0.5, 0.6) is 0 Å². The number of esters is 2. The van der Waals surface area contributed by atoms with Crippen LogP contribution in [0.15, 0.2) is 0 Å². The number of ether oxygens (including phenoxy) is 2. The second-order valence-electron chi connectivity index (χ2n) is 11.3. The summed E-state index contributed by atoms with van der Waals surface area (Å²) in [4.78, 5) is 23.4. The van der Waals surface area contributed by atoms with Crippen LogP contribution in [-0.2, 0) is 19.1 Å². The standard InChI is InChI=1S/C31H60O4/c1-28(2)22-20-26-34-30(32)24-18-16-14-12-10-8-6-5-7-9-11-13-15-17-19-25-31(33)35-27-21-23-29(3)4/h28-29H,5-27H2,1-4H3. The summed E-state index contributed by atoms with van der Waals surface area (Å²) in [5, 5.41) is 0. The molecule has 0 unspecified atom stereocenters. The Morgan fingerprint density at radius 2 is 0.686 bits per heavy atom. The Bertz CT molecular complexity index is 431. The smallest absolute Gasteiger partial charge is 0.305 e. The summed E-state index contributed by atoms with van der Waals surface area (Å²) >= 11 is 0. The largest absolute Gasteiger partial charge is 0.466 e. The topological polar surface area (TPSA) is 52.6 Å². The minimum absolute atomic E-state index is 0.0126. The minimum atomic E-state index is -0.0126. The number of carbonyl (C=O) groups excluding carboxylic acids is 2. The quantitative estimate of drug-likeness (QED) is 0.0883. The van der Waals surface area contributed by atoms with Crippen molar-refractivity contribution in [3.63, 3.8) is 0 Å². The lowest BCUT2D eigenvalue weighted by Crippen LogP contribution is -2.06. The zero-order valence-corrected chi connectivity index (χ0v) is 24.1. The minimum Gasteiger partial charge on any atom is -0.466 e. The molecule has 4 nitrogen and oxygen atoms in total. The summed E-state index contributed by atoms with van der Waals surface area (Å²) in [6.45, 7) is 9.98. The molecule has 0 rings (SSSR count). The molecule has 0 aromatic rings. The van der Waals surface area contributed by atoms with Crippen molar-refractivity contribution in [2.75, 3.05) is 13.2 Å². The van der Waals surface area contributed by atoms with Gasteiger partial charge in [-0.3, -0.25) is 9.59 Å². The average molecular weight is 497 g/mol. The highest BCUT2D eigenvalue weighted by molar-refractivity contribution is 5.69. The number of hydrogen-bond acceptors (Lipinski definition) is 4. The van der Waals surface area contributed by atoms with Gasteiger partial charge in [-0.2, -0.15) is 0 Å². The van der Waals surface area contributed by atoms with Crippen LogP contribution in [0.2, 0.25) is 0 Å². The first-order valence-electron chi connectivity index (χ1n) is 15.2. The van der Waals surface area contributed by atoms with E-state index in [0.29, 0.717) is 37.9 Å². The first-order chi connectivity index (χ1) is 16.9. The third-order valence-corrected chi connectivity index (χ3v) is 6.64. The molecule has 0 radical (unpaired) electrons. The first-order valence-corrected chi connectivity index (χ1v) is 15.2.